The Kier molecular flexibility index (Phi) is 7.65. The zero-order chi connectivity index (χ0) is 28.4. The highest BCUT2D eigenvalue weighted by Gasteiger charge is 2.28. The number of thiophene rings is 1. The van der Waals surface area contributed by atoms with Gasteiger partial charge >= 0.3 is 5.97 Å². The highest BCUT2D eigenvalue weighted by Crippen LogP contribution is 2.34. The molecule has 1 aliphatic rings. The molecule has 2 aromatic heterocycles. The highest BCUT2D eigenvalue weighted by molar-refractivity contribution is 7.20. The van der Waals surface area contributed by atoms with Crippen LogP contribution in [0, 0.1) is 6.92 Å². The largest absolute Gasteiger partial charge is 0.490 e. The zero-order valence-corrected chi connectivity index (χ0v) is 23.0. The minimum atomic E-state index is -0.887. The summed E-state index contributed by atoms with van der Waals surface area (Å²) in [6, 6.07) is 13.2. The molecule has 0 aliphatic carbocycles. The Morgan fingerprint density at radius 3 is 2.65 bits per heavy atom. The van der Waals surface area contributed by atoms with Gasteiger partial charge in [-0.05, 0) is 56.7 Å². The Hall–Kier alpha value is -4.51. The number of carbonyl (C=O) groups excluding carboxylic acids is 3. The van der Waals surface area contributed by atoms with Crippen LogP contribution in [0.15, 0.2) is 59.7 Å². The molecule has 11 heteroatoms. The van der Waals surface area contributed by atoms with Crippen molar-refractivity contribution in [2.24, 2.45) is 0 Å². The number of rotatable bonds is 9. The second kappa shape index (κ2) is 11.3. The van der Waals surface area contributed by atoms with Gasteiger partial charge in [-0.3, -0.25) is 19.0 Å². The summed E-state index contributed by atoms with van der Waals surface area (Å²) in [4.78, 5) is 58.5. The van der Waals surface area contributed by atoms with Gasteiger partial charge < -0.3 is 19.1 Å². The summed E-state index contributed by atoms with van der Waals surface area (Å²) < 4.78 is 17.7. The molecule has 0 N–H and O–H groups in total. The van der Waals surface area contributed by atoms with Gasteiger partial charge in [-0.2, -0.15) is 0 Å². The number of esters is 1. The van der Waals surface area contributed by atoms with E-state index in [1.165, 1.54) is 10.9 Å². The van der Waals surface area contributed by atoms with Crippen molar-refractivity contribution >= 4 is 44.9 Å². The normalized spacial score (nSPS) is 13.5. The molecule has 1 atom stereocenters. The number of benzene rings is 2. The minimum absolute atomic E-state index is 0.0392. The Balaban J connectivity index is 1.35. The van der Waals surface area contributed by atoms with E-state index >= 15 is 0 Å². The van der Waals surface area contributed by atoms with E-state index in [4.69, 9.17) is 14.2 Å². The fourth-order valence-corrected chi connectivity index (χ4v) is 5.59. The van der Waals surface area contributed by atoms with Crippen molar-refractivity contribution in [2.75, 3.05) is 31.3 Å². The average Bonchev–Trinajstić information content (AvgIpc) is 3.32. The molecule has 0 spiro atoms. The predicted molar refractivity (Wildman–Crippen MR) is 150 cm³/mol. The molecule has 2 aromatic carbocycles. The molecule has 1 unspecified atom stereocenters. The third kappa shape index (κ3) is 5.07. The van der Waals surface area contributed by atoms with E-state index in [9.17, 15) is 19.2 Å². The van der Waals surface area contributed by atoms with Crippen LogP contribution >= 0.6 is 11.3 Å². The van der Waals surface area contributed by atoms with Crippen LogP contribution in [0.25, 0.3) is 10.2 Å². The molecule has 4 aromatic rings. The van der Waals surface area contributed by atoms with Crippen molar-refractivity contribution in [1.29, 1.82) is 0 Å². The summed E-state index contributed by atoms with van der Waals surface area (Å²) in [5.74, 6) is 0.102. The maximum Gasteiger partial charge on any atom is 0.348 e. The number of Topliss-reactive ketones (excluding diaryl/α,β-unsaturated/α-hetero) is 1. The monoisotopic (exact) mass is 561 g/mol. The number of aromatic nitrogens is 2. The summed E-state index contributed by atoms with van der Waals surface area (Å²) in [6.45, 7) is 5.72. The summed E-state index contributed by atoms with van der Waals surface area (Å²) in [5.41, 5.74) is 0.865. The number of aryl methyl sites for hydroxylation is 1. The molecule has 0 saturated carbocycles. The van der Waals surface area contributed by atoms with Crippen LogP contribution in [0.1, 0.15) is 45.5 Å². The zero-order valence-electron chi connectivity index (χ0n) is 22.2. The maximum atomic E-state index is 13.5. The second-order valence-electron chi connectivity index (χ2n) is 9.14. The predicted octanol–water partition coefficient (Wildman–Crippen LogP) is 4.19. The van der Waals surface area contributed by atoms with Crippen molar-refractivity contribution in [3.8, 4) is 11.5 Å². The number of nitrogens with zero attached hydrogens (tertiary/aromatic N) is 3. The molecular weight excluding hydrogens is 534 g/mol. The van der Waals surface area contributed by atoms with Crippen molar-refractivity contribution in [2.45, 2.75) is 26.8 Å². The summed E-state index contributed by atoms with van der Waals surface area (Å²) >= 11 is 1.07. The standard InChI is InChI=1S/C29H27N3O7S/c1-4-31-21-14-19(10-11-22(21)39-15-23(31)33)25(34)18(3)32-16-30-27-24(28(32)35)17(2)26(40-27)29(36)38-13-12-37-20-8-6-5-7-9-20/h5-11,14,16,18H,4,12-13,15H2,1-3H3. The van der Waals surface area contributed by atoms with Crippen molar-refractivity contribution < 1.29 is 28.6 Å². The van der Waals surface area contributed by atoms with Crippen LogP contribution in [0.5, 0.6) is 11.5 Å². The van der Waals surface area contributed by atoms with Crippen LogP contribution in [0.4, 0.5) is 5.69 Å². The first kappa shape index (κ1) is 27.1. The summed E-state index contributed by atoms with van der Waals surface area (Å²) in [6.07, 6.45) is 1.31. The Morgan fingerprint density at radius 2 is 1.90 bits per heavy atom. The van der Waals surface area contributed by atoms with Gasteiger partial charge in [-0.1, -0.05) is 18.2 Å². The molecular formula is C29H27N3O7S. The number of ether oxygens (including phenoxy) is 3. The fourth-order valence-electron chi connectivity index (χ4n) is 4.55. The Morgan fingerprint density at radius 1 is 1.12 bits per heavy atom. The molecule has 5 rings (SSSR count). The van der Waals surface area contributed by atoms with Crippen LogP contribution in [0.3, 0.4) is 0 Å². The number of para-hydroxylation sites is 1. The van der Waals surface area contributed by atoms with Gasteiger partial charge in [0.25, 0.3) is 11.5 Å². The summed E-state index contributed by atoms with van der Waals surface area (Å²) in [7, 11) is 0. The molecule has 0 saturated heterocycles. The lowest BCUT2D eigenvalue weighted by Gasteiger charge is -2.28. The fraction of sp³-hybridized carbons (Fsp3) is 0.276. The van der Waals surface area contributed by atoms with Gasteiger partial charge in [0.15, 0.2) is 12.4 Å². The summed E-state index contributed by atoms with van der Waals surface area (Å²) in [5, 5.41) is 0.265. The van der Waals surface area contributed by atoms with E-state index < -0.39 is 17.6 Å². The second-order valence-corrected chi connectivity index (χ2v) is 10.1. The third-order valence-corrected chi connectivity index (χ3v) is 7.87. The van der Waals surface area contributed by atoms with Gasteiger partial charge in [0.1, 0.15) is 34.4 Å². The molecule has 0 bridgehead atoms. The number of anilines is 1. The van der Waals surface area contributed by atoms with Crippen molar-refractivity contribution in [3.05, 3.63) is 81.2 Å². The number of hydrogen-bond acceptors (Lipinski definition) is 9. The Bertz CT molecular complexity index is 1660. The molecule has 3 heterocycles. The third-order valence-electron chi connectivity index (χ3n) is 6.69. The van der Waals surface area contributed by atoms with Crippen LogP contribution < -0.4 is 19.9 Å². The lowest BCUT2D eigenvalue weighted by molar-refractivity contribution is -0.121. The molecule has 1 aliphatic heterocycles. The van der Waals surface area contributed by atoms with Gasteiger partial charge in [-0.25, -0.2) is 9.78 Å². The van der Waals surface area contributed by atoms with Gasteiger partial charge in [0, 0.05) is 12.1 Å². The maximum absolute atomic E-state index is 13.5. The van der Waals surface area contributed by atoms with Crippen molar-refractivity contribution in [3.63, 3.8) is 0 Å². The van der Waals surface area contributed by atoms with Crippen LogP contribution in [0.2, 0.25) is 0 Å². The first-order chi connectivity index (χ1) is 19.3. The SMILES string of the molecule is CCN1C(=O)COc2ccc(C(=O)C(C)n3cnc4sc(C(=O)OCCOc5ccccc5)c(C)c4c3=O)cc21. The van der Waals surface area contributed by atoms with Crippen LogP contribution in [-0.2, 0) is 9.53 Å². The number of amides is 1. The first-order valence-corrected chi connectivity index (χ1v) is 13.6. The topological polar surface area (TPSA) is 117 Å². The smallest absolute Gasteiger partial charge is 0.348 e. The van der Waals surface area contributed by atoms with Gasteiger partial charge in [0.2, 0.25) is 0 Å². The minimum Gasteiger partial charge on any atom is -0.490 e. The van der Waals surface area contributed by atoms with E-state index in [1.54, 1.807) is 49.1 Å². The highest BCUT2D eigenvalue weighted by atomic mass is 32.1. The van der Waals surface area contributed by atoms with Crippen molar-refractivity contribution in [1.82, 2.24) is 9.55 Å². The lowest BCUT2D eigenvalue weighted by atomic mass is 10.0. The number of carbonyl (C=O) groups is 3. The number of ketones is 1. The number of likely N-dealkylation sites (N-methyl/N-ethyl adjacent to an activating group) is 1. The number of hydrogen-bond donors (Lipinski definition) is 0. The quantitative estimate of drug-likeness (QED) is 0.170. The van der Waals surface area contributed by atoms with E-state index in [1.807, 2.05) is 25.1 Å². The molecule has 1 amide bonds. The molecule has 0 fully saturated rings. The molecule has 206 valence electrons. The van der Waals surface area contributed by atoms with Crippen LogP contribution in [-0.4, -0.2) is 53.6 Å². The van der Waals surface area contributed by atoms with Gasteiger partial charge in [-0.15, -0.1) is 11.3 Å². The van der Waals surface area contributed by atoms with E-state index in [0.29, 0.717) is 39.7 Å². The van der Waals surface area contributed by atoms with Gasteiger partial charge in [0.05, 0.1) is 23.4 Å². The number of fused-ring (bicyclic) bond motifs is 2. The van der Waals surface area contributed by atoms with E-state index in [2.05, 4.69) is 4.98 Å². The molecule has 0 radical (unpaired) electrons. The Labute approximate surface area is 233 Å². The lowest BCUT2D eigenvalue weighted by Crippen LogP contribution is -2.38. The average molecular weight is 562 g/mol. The molecule has 10 nitrogen and oxygen atoms in total. The van der Waals surface area contributed by atoms with E-state index in [0.717, 1.165) is 11.3 Å². The molecule has 40 heavy (non-hydrogen) atoms. The van der Waals surface area contributed by atoms with E-state index in [-0.39, 0.29) is 41.8 Å². The first-order valence-electron chi connectivity index (χ1n) is 12.8.